The highest BCUT2D eigenvalue weighted by Crippen LogP contribution is 2.34. The van der Waals surface area contributed by atoms with E-state index in [0.29, 0.717) is 5.92 Å². The standard InChI is InChI=1S/C12H16FN/c1-2-3-4-9-8-14-12-6-5-10(13)7-11(9)12/h5-7,9,14H,2-4,8H2,1H3. The number of rotatable bonds is 3. The Bertz CT molecular complexity index is 322. The van der Waals surface area contributed by atoms with Gasteiger partial charge in [0.05, 0.1) is 0 Å². The van der Waals surface area contributed by atoms with Crippen LogP contribution in [0, 0.1) is 5.82 Å². The van der Waals surface area contributed by atoms with E-state index in [2.05, 4.69) is 12.2 Å². The van der Waals surface area contributed by atoms with E-state index >= 15 is 0 Å². The molecule has 1 atom stereocenters. The van der Waals surface area contributed by atoms with E-state index in [1.165, 1.54) is 30.9 Å². The highest BCUT2D eigenvalue weighted by atomic mass is 19.1. The molecule has 2 rings (SSSR count). The minimum Gasteiger partial charge on any atom is -0.384 e. The van der Waals surface area contributed by atoms with Crippen LogP contribution in [0.1, 0.15) is 37.7 Å². The van der Waals surface area contributed by atoms with Gasteiger partial charge in [0, 0.05) is 18.2 Å². The molecular weight excluding hydrogens is 177 g/mol. The predicted molar refractivity (Wildman–Crippen MR) is 57.2 cm³/mol. The number of unbranched alkanes of at least 4 members (excludes halogenated alkanes) is 1. The zero-order valence-electron chi connectivity index (χ0n) is 8.52. The average Bonchev–Trinajstić information content (AvgIpc) is 2.57. The Labute approximate surface area is 84.3 Å². The monoisotopic (exact) mass is 193 g/mol. The molecule has 1 N–H and O–H groups in total. The van der Waals surface area contributed by atoms with Crippen molar-refractivity contribution < 1.29 is 4.39 Å². The molecular formula is C12H16FN. The SMILES string of the molecule is CCCCC1CNc2ccc(F)cc21. The Hall–Kier alpha value is -1.05. The highest BCUT2D eigenvalue weighted by Gasteiger charge is 2.21. The Morgan fingerprint density at radius 1 is 1.50 bits per heavy atom. The molecule has 0 saturated carbocycles. The van der Waals surface area contributed by atoms with Crippen LogP contribution in [0.3, 0.4) is 0 Å². The lowest BCUT2D eigenvalue weighted by Crippen LogP contribution is -2.01. The number of fused-ring (bicyclic) bond motifs is 1. The van der Waals surface area contributed by atoms with E-state index < -0.39 is 0 Å². The smallest absolute Gasteiger partial charge is 0.123 e. The van der Waals surface area contributed by atoms with Gasteiger partial charge in [-0.2, -0.15) is 0 Å². The molecule has 1 aliphatic rings. The summed E-state index contributed by atoms with van der Waals surface area (Å²) in [6.45, 7) is 3.16. The largest absolute Gasteiger partial charge is 0.384 e. The number of halogens is 1. The van der Waals surface area contributed by atoms with E-state index in [1.54, 1.807) is 6.07 Å². The fourth-order valence-electron chi connectivity index (χ4n) is 2.08. The van der Waals surface area contributed by atoms with E-state index in [9.17, 15) is 4.39 Å². The number of anilines is 1. The molecule has 0 aliphatic carbocycles. The van der Waals surface area contributed by atoms with Crippen molar-refractivity contribution in [3.05, 3.63) is 29.6 Å². The summed E-state index contributed by atoms with van der Waals surface area (Å²) in [7, 11) is 0. The zero-order chi connectivity index (χ0) is 9.97. The Balaban J connectivity index is 2.16. The maximum absolute atomic E-state index is 13.0. The van der Waals surface area contributed by atoms with Crippen LogP contribution in [0.4, 0.5) is 10.1 Å². The summed E-state index contributed by atoms with van der Waals surface area (Å²) in [6, 6.07) is 5.04. The van der Waals surface area contributed by atoms with Crippen molar-refractivity contribution in [3.8, 4) is 0 Å². The van der Waals surface area contributed by atoms with Gasteiger partial charge in [0.25, 0.3) is 0 Å². The Morgan fingerprint density at radius 2 is 2.36 bits per heavy atom. The average molecular weight is 193 g/mol. The molecule has 0 saturated heterocycles. The molecule has 2 heteroatoms. The van der Waals surface area contributed by atoms with Crippen LogP contribution in [-0.2, 0) is 0 Å². The summed E-state index contributed by atoms with van der Waals surface area (Å²) >= 11 is 0. The summed E-state index contributed by atoms with van der Waals surface area (Å²) in [5, 5.41) is 3.32. The molecule has 0 bridgehead atoms. The zero-order valence-corrected chi connectivity index (χ0v) is 8.52. The van der Waals surface area contributed by atoms with Crippen molar-refractivity contribution >= 4 is 5.69 Å². The van der Waals surface area contributed by atoms with Crippen molar-refractivity contribution in [2.24, 2.45) is 0 Å². The normalized spacial score (nSPS) is 19.1. The fourth-order valence-corrected chi connectivity index (χ4v) is 2.08. The molecule has 0 fully saturated rings. The molecule has 1 unspecified atom stereocenters. The van der Waals surface area contributed by atoms with Crippen LogP contribution in [0.2, 0.25) is 0 Å². The van der Waals surface area contributed by atoms with Crippen LogP contribution < -0.4 is 5.32 Å². The first kappa shape index (κ1) is 9.50. The van der Waals surface area contributed by atoms with Gasteiger partial charge in [-0.25, -0.2) is 4.39 Å². The molecule has 76 valence electrons. The van der Waals surface area contributed by atoms with E-state index in [0.717, 1.165) is 12.2 Å². The minimum atomic E-state index is -0.117. The Kier molecular flexibility index (Phi) is 2.71. The summed E-state index contributed by atoms with van der Waals surface area (Å²) in [6.07, 6.45) is 3.60. The van der Waals surface area contributed by atoms with Crippen molar-refractivity contribution in [2.45, 2.75) is 32.1 Å². The predicted octanol–water partition coefficient (Wildman–Crippen LogP) is 3.53. The second-order valence-electron chi connectivity index (χ2n) is 3.95. The second-order valence-corrected chi connectivity index (χ2v) is 3.95. The van der Waals surface area contributed by atoms with Crippen LogP contribution >= 0.6 is 0 Å². The molecule has 0 radical (unpaired) electrons. The summed E-state index contributed by atoms with van der Waals surface area (Å²) in [5.74, 6) is 0.398. The number of hydrogen-bond donors (Lipinski definition) is 1. The lowest BCUT2D eigenvalue weighted by Gasteiger charge is -2.08. The van der Waals surface area contributed by atoms with Crippen molar-refractivity contribution in [2.75, 3.05) is 11.9 Å². The molecule has 1 aliphatic heterocycles. The van der Waals surface area contributed by atoms with Gasteiger partial charge in [-0.3, -0.25) is 0 Å². The molecule has 1 aromatic carbocycles. The number of nitrogens with one attached hydrogen (secondary N) is 1. The molecule has 1 nitrogen and oxygen atoms in total. The summed E-state index contributed by atoms with van der Waals surface area (Å²) in [4.78, 5) is 0. The lowest BCUT2D eigenvalue weighted by molar-refractivity contribution is 0.604. The van der Waals surface area contributed by atoms with E-state index in [-0.39, 0.29) is 5.82 Å². The van der Waals surface area contributed by atoms with E-state index in [1.807, 2.05) is 6.07 Å². The van der Waals surface area contributed by atoms with Crippen molar-refractivity contribution in [3.63, 3.8) is 0 Å². The Morgan fingerprint density at radius 3 is 3.14 bits per heavy atom. The van der Waals surface area contributed by atoms with Crippen LogP contribution in [0.25, 0.3) is 0 Å². The van der Waals surface area contributed by atoms with E-state index in [4.69, 9.17) is 0 Å². The first-order valence-electron chi connectivity index (χ1n) is 5.34. The van der Waals surface area contributed by atoms with Crippen molar-refractivity contribution in [1.82, 2.24) is 0 Å². The molecule has 14 heavy (non-hydrogen) atoms. The third-order valence-electron chi connectivity index (χ3n) is 2.90. The first-order valence-corrected chi connectivity index (χ1v) is 5.34. The van der Waals surface area contributed by atoms with Crippen molar-refractivity contribution in [1.29, 1.82) is 0 Å². The first-order chi connectivity index (χ1) is 6.81. The molecule has 0 aromatic heterocycles. The van der Waals surface area contributed by atoms with Gasteiger partial charge in [0.15, 0.2) is 0 Å². The van der Waals surface area contributed by atoms with Gasteiger partial charge in [-0.05, 0) is 30.2 Å². The lowest BCUT2D eigenvalue weighted by atomic mass is 9.96. The quantitative estimate of drug-likeness (QED) is 0.774. The third kappa shape index (κ3) is 1.74. The number of benzene rings is 1. The van der Waals surface area contributed by atoms with Crippen LogP contribution in [0.15, 0.2) is 18.2 Å². The topological polar surface area (TPSA) is 12.0 Å². The van der Waals surface area contributed by atoms with Gasteiger partial charge >= 0.3 is 0 Å². The van der Waals surface area contributed by atoms with Crippen LogP contribution in [-0.4, -0.2) is 6.54 Å². The maximum atomic E-state index is 13.0. The summed E-state index contributed by atoms with van der Waals surface area (Å²) in [5.41, 5.74) is 2.28. The molecule has 0 amide bonds. The van der Waals surface area contributed by atoms with Gasteiger partial charge in [-0.15, -0.1) is 0 Å². The highest BCUT2D eigenvalue weighted by molar-refractivity contribution is 5.57. The number of hydrogen-bond acceptors (Lipinski definition) is 1. The van der Waals surface area contributed by atoms with Crippen LogP contribution in [0.5, 0.6) is 0 Å². The maximum Gasteiger partial charge on any atom is 0.123 e. The van der Waals surface area contributed by atoms with Gasteiger partial charge in [-0.1, -0.05) is 19.8 Å². The fraction of sp³-hybridized carbons (Fsp3) is 0.500. The van der Waals surface area contributed by atoms with Gasteiger partial charge in [0.2, 0.25) is 0 Å². The second kappa shape index (κ2) is 3.99. The third-order valence-corrected chi connectivity index (χ3v) is 2.90. The molecule has 0 spiro atoms. The molecule has 1 aromatic rings. The molecule has 1 heterocycles. The van der Waals surface area contributed by atoms with Gasteiger partial charge in [0.1, 0.15) is 5.82 Å². The minimum absolute atomic E-state index is 0.117. The van der Waals surface area contributed by atoms with Gasteiger partial charge < -0.3 is 5.32 Å². The summed E-state index contributed by atoms with van der Waals surface area (Å²) < 4.78 is 13.0.